The van der Waals surface area contributed by atoms with Gasteiger partial charge in [0, 0.05) is 26.8 Å². The molecule has 0 radical (unpaired) electrons. The van der Waals surface area contributed by atoms with Crippen LogP contribution in [-0.2, 0) is 15.0 Å². The van der Waals surface area contributed by atoms with Crippen LogP contribution in [-0.4, -0.2) is 50.6 Å². The third-order valence-electron chi connectivity index (χ3n) is 2.35. The van der Waals surface area contributed by atoms with E-state index in [9.17, 15) is 17.6 Å². The van der Waals surface area contributed by atoms with Crippen molar-refractivity contribution in [3.05, 3.63) is 30.1 Å². The molecule has 1 N–H and O–H groups in total. The van der Waals surface area contributed by atoms with Crippen LogP contribution in [0.25, 0.3) is 0 Å². The van der Waals surface area contributed by atoms with Crippen LogP contribution in [0.3, 0.4) is 0 Å². The first-order chi connectivity index (χ1) is 8.73. The zero-order valence-electron chi connectivity index (χ0n) is 10.9. The standard InChI is InChI=1S/C11H16FN3O3S/c1-14(2)19(17,18)15(3)8-11(16)13-10-6-4-9(12)5-7-10/h4-7H,8H2,1-3H3,(H,13,16). The monoisotopic (exact) mass is 289 g/mol. The van der Waals surface area contributed by atoms with Crippen molar-refractivity contribution in [1.82, 2.24) is 8.61 Å². The van der Waals surface area contributed by atoms with E-state index < -0.39 is 21.9 Å². The Morgan fingerprint density at radius 2 is 1.74 bits per heavy atom. The summed E-state index contributed by atoms with van der Waals surface area (Å²) >= 11 is 0. The van der Waals surface area contributed by atoms with Gasteiger partial charge >= 0.3 is 0 Å². The third kappa shape index (κ3) is 4.27. The van der Waals surface area contributed by atoms with Crippen molar-refractivity contribution in [1.29, 1.82) is 0 Å². The molecule has 6 nitrogen and oxygen atoms in total. The fraction of sp³-hybridized carbons (Fsp3) is 0.364. The molecule has 0 fully saturated rings. The van der Waals surface area contributed by atoms with Crippen LogP contribution in [0, 0.1) is 5.82 Å². The average Bonchev–Trinajstić information content (AvgIpc) is 2.31. The fourth-order valence-corrected chi connectivity index (χ4v) is 2.13. The Labute approximate surface area is 112 Å². The molecule has 0 bridgehead atoms. The first kappa shape index (κ1) is 15.5. The Morgan fingerprint density at radius 3 is 2.21 bits per heavy atom. The predicted molar refractivity (Wildman–Crippen MR) is 70.3 cm³/mol. The molecule has 0 spiro atoms. The molecule has 0 heterocycles. The number of amides is 1. The maximum atomic E-state index is 12.7. The molecule has 0 saturated heterocycles. The van der Waals surface area contributed by atoms with Gasteiger partial charge in [-0.05, 0) is 24.3 Å². The molecule has 0 atom stereocenters. The SMILES string of the molecule is CN(C)S(=O)(=O)N(C)CC(=O)Nc1ccc(F)cc1. The lowest BCUT2D eigenvalue weighted by Crippen LogP contribution is -2.41. The molecule has 1 aromatic rings. The minimum Gasteiger partial charge on any atom is -0.325 e. The molecule has 1 aromatic carbocycles. The van der Waals surface area contributed by atoms with Gasteiger partial charge in [0.2, 0.25) is 5.91 Å². The lowest BCUT2D eigenvalue weighted by Gasteiger charge is -2.20. The van der Waals surface area contributed by atoms with E-state index in [1.807, 2.05) is 0 Å². The van der Waals surface area contributed by atoms with Crippen LogP contribution >= 0.6 is 0 Å². The summed E-state index contributed by atoms with van der Waals surface area (Å²) in [7, 11) is 0.437. The van der Waals surface area contributed by atoms with Crippen molar-refractivity contribution in [3.8, 4) is 0 Å². The largest absolute Gasteiger partial charge is 0.325 e. The van der Waals surface area contributed by atoms with Gasteiger partial charge in [-0.15, -0.1) is 0 Å². The third-order valence-corrected chi connectivity index (χ3v) is 4.19. The molecule has 0 aliphatic carbocycles. The lowest BCUT2D eigenvalue weighted by atomic mass is 10.3. The number of benzene rings is 1. The normalized spacial score (nSPS) is 11.9. The zero-order valence-corrected chi connectivity index (χ0v) is 11.7. The summed E-state index contributed by atoms with van der Waals surface area (Å²) in [6.45, 7) is -0.322. The van der Waals surface area contributed by atoms with E-state index in [4.69, 9.17) is 0 Å². The molecule has 1 rings (SSSR count). The number of rotatable bonds is 5. The van der Waals surface area contributed by atoms with E-state index in [0.29, 0.717) is 5.69 Å². The second-order valence-electron chi connectivity index (χ2n) is 4.10. The number of nitrogens with zero attached hydrogens (tertiary/aromatic N) is 2. The Morgan fingerprint density at radius 1 is 1.21 bits per heavy atom. The Kier molecular flexibility index (Phi) is 4.98. The maximum absolute atomic E-state index is 12.7. The van der Waals surface area contributed by atoms with Crippen molar-refractivity contribution >= 4 is 21.8 Å². The van der Waals surface area contributed by atoms with Gasteiger partial charge in [0.25, 0.3) is 10.2 Å². The molecular weight excluding hydrogens is 273 g/mol. The summed E-state index contributed by atoms with van der Waals surface area (Å²) < 4.78 is 38.0. The van der Waals surface area contributed by atoms with Gasteiger partial charge in [-0.3, -0.25) is 4.79 Å². The van der Waals surface area contributed by atoms with Gasteiger partial charge in [-0.2, -0.15) is 17.0 Å². The van der Waals surface area contributed by atoms with E-state index in [1.165, 1.54) is 45.4 Å². The van der Waals surface area contributed by atoms with Crippen LogP contribution in [0.2, 0.25) is 0 Å². The highest BCUT2D eigenvalue weighted by molar-refractivity contribution is 7.86. The number of hydrogen-bond acceptors (Lipinski definition) is 3. The molecule has 0 aliphatic rings. The number of carbonyl (C=O) groups excluding carboxylic acids is 1. The number of nitrogens with one attached hydrogen (secondary N) is 1. The van der Waals surface area contributed by atoms with E-state index in [-0.39, 0.29) is 6.54 Å². The lowest BCUT2D eigenvalue weighted by molar-refractivity contribution is -0.116. The first-order valence-corrected chi connectivity index (χ1v) is 6.82. The molecule has 0 saturated carbocycles. The van der Waals surface area contributed by atoms with Gasteiger partial charge in [0.1, 0.15) is 5.82 Å². The molecule has 106 valence electrons. The van der Waals surface area contributed by atoms with E-state index in [0.717, 1.165) is 8.61 Å². The number of hydrogen-bond donors (Lipinski definition) is 1. The highest BCUT2D eigenvalue weighted by Crippen LogP contribution is 2.08. The molecule has 1 amide bonds. The predicted octanol–water partition coefficient (Wildman–Crippen LogP) is 0.502. The van der Waals surface area contributed by atoms with Crippen molar-refractivity contribution in [2.75, 3.05) is 33.0 Å². The van der Waals surface area contributed by atoms with E-state index in [2.05, 4.69) is 5.32 Å². The van der Waals surface area contributed by atoms with Crippen LogP contribution in [0.5, 0.6) is 0 Å². The molecule has 8 heteroatoms. The molecule has 0 aromatic heterocycles. The Bertz CT molecular complexity index is 543. The van der Waals surface area contributed by atoms with Crippen molar-refractivity contribution in [3.63, 3.8) is 0 Å². The smallest absolute Gasteiger partial charge is 0.281 e. The summed E-state index contributed by atoms with van der Waals surface area (Å²) in [6.07, 6.45) is 0. The summed E-state index contributed by atoms with van der Waals surface area (Å²) in [6, 6.07) is 5.20. The molecular formula is C11H16FN3O3S. The quantitative estimate of drug-likeness (QED) is 0.858. The Balaban J connectivity index is 2.64. The summed E-state index contributed by atoms with van der Waals surface area (Å²) in [5, 5.41) is 2.48. The second kappa shape index (κ2) is 6.09. The maximum Gasteiger partial charge on any atom is 0.281 e. The number of likely N-dealkylation sites (N-methyl/N-ethyl adjacent to an activating group) is 1. The van der Waals surface area contributed by atoms with Crippen molar-refractivity contribution in [2.24, 2.45) is 0 Å². The summed E-state index contributed by atoms with van der Waals surface area (Å²) in [5.74, 6) is -0.912. The summed E-state index contributed by atoms with van der Waals surface area (Å²) in [5.41, 5.74) is 0.405. The van der Waals surface area contributed by atoms with Gasteiger partial charge < -0.3 is 5.32 Å². The molecule has 0 aliphatic heterocycles. The molecule has 0 unspecified atom stereocenters. The van der Waals surface area contributed by atoms with Crippen molar-refractivity contribution < 1.29 is 17.6 Å². The highest BCUT2D eigenvalue weighted by Gasteiger charge is 2.22. The molecule has 19 heavy (non-hydrogen) atoms. The van der Waals surface area contributed by atoms with E-state index >= 15 is 0 Å². The van der Waals surface area contributed by atoms with Crippen LogP contribution in [0.1, 0.15) is 0 Å². The minimum absolute atomic E-state index is 0.322. The fourth-order valence-electron chi connectivity index (χ4n) is 1.30. The Hall–Kier alpha value is -1.51. The summed E-state index contributed by atoms with van der Waals surface area (Å²) in [4.78, 5) is 11.6. The zero-order chi connectivity index (χ0) is 14.6. The highest BCUT2D eigenvalue weighted by atomic mass is 32.2. The van der Waals surface area contributed by atoms with Gasteiger partial charge in [-0.25, -0.2) is 4.39 Å². The van der Waals surface area contributed by atoms with E-state index in [1.54, 1.807) is 0 Å². The van der Waals surface area contributed by atoms with Gasteiger partial charge in [0.15, 0.2) is 0 Å². The second-order valence-corrected chi connectivity index (χ2v) is 6.35. The van der Waals surface area contributed by atoms with Crippen molar-refractivity contribution in [2.45, 2.75) is 0 Å². The van der Waals surface area contributed by atoms with Gasteiger partial charge in [0.05, 0.1) is 6.54 Å². The van der Waals surface area contributed by atoms with Crippen LogP contribution in [0.4, 0.5) is 10.1 Å². The average molecular weight is 289 g/mol. The van der Waals surface area contributed by atoms with Gasteiger partial charge in [-0.1, -0.05) is 0 Å². The number of halogens is 1. The number of carbonyl (C=O) groups is 1. The number of anilines is 1. The van der Waals surface area contributed by atoms with Crippen LogP contribution in [0.15, 0.2) is 24.3 Å². The topological polar surface area (TPSA) is 69.7 Å². The minimum atomic E-state index is -3.63. The first-order valence-electron chi connectivity index (χ1n) is 5.42. The van der Waals surface area contributed by atoms with Crippen LogP contribution < -0.4 is 5.32 Å².